The SMILES string of the molecule is CCNc1ncccc1S(=O)(=O)NC1CCC(=O)NC1. The molecule has 0 aromatic carbocycles. The van der Waals surface area contributed by atoms with Crippen molar-refractivity contribution in [3.63, 3.8) is 0 Å². The second-order valence-corrected chi connectivity index (χ2v) is 6.22. The zero-order valence-corrected chi connectivity index (χ0v) is 12.0. The Labute approximate surface area is 118 Å². The van der Waals surface area contributed by atoms with E-state index in [4.69, 9.17) is 0 Å². The van der Waals surface area contributed by atoms with Gasteiger partial charge in [0.15, 0.2) is 0 Å². The van der Waals surface area contributed by atoms with Crippen LogP contribution < -0.4 is 15.4 Å². The van der Waals surface area contributed by atoms with Crippen molar-refractivity contribution in [3.8, 4) is 0 Å². The number of nitrogens with one attached hydrogen (secondary N) is 3. The van der Waals surface area contributed by atoms with Gasteiger partial charge in [0.05, 0.1) is 0 Å². The molecule has 0 spiro atoms. The topological polar surface area (TPSA) is 100 Å². The van der Waals surface area contributed by atoms with Gasteiger partial charge in [-0.25, -0.2) is 18.1 Å². The number of hydrogen-bond acceptors (Lipinski definition) is 5. The van der Waals surface area contributed by atoms with E-state index in [2.05, 4.69) is 20.3 Å². The molecule has 0 bridgehead atoms. The van der Waals surface area contributed by atoms with Gasteiger partial charge in [-0.15, -0.1) is 0 Å². The Balaban J connectivity index is 2.16. The molecule has 1 aliphatic heterocycles. The molecule has 1 aromatic rings. The summed E-state index contributed by atoms with van der Waals surface area (Å²) in [4.78, 5) is 15.2. The molecule has 110 valence electrons. The van der Waals surface area contributed by atoms with Gasteiger partial charge in [0.2, 0.25) is 15.9 Å². The largest absolute Gasteiger partial charge is 0.369 e. The van der Waals surface area contributed by atoms with Gasteiger partial charge in [-0.3, -0.25) is 4.79 Å². The maximum absolute atomic E-state index is 12.4. The van der Waals surface area contributed by atoms with Crippen molar-refractivity contribution in [2.75, 3.05) is 18.4 Å². The molecule has 2 rings (SSSR count). The molecule has 1 aliphatic rings. The number of rotatable bonds is 5. The number of carbonyl (C=O) groups is 1. The minimum absolute atomic E-state index is 0.0461. The number of nitrogens with zero attached hydrogens (tertiary/aromatic N) is 1. The standard InChI is InChI=1S/C12H18N4O3S/c1-2-13-12-10(4-3-7-14-12)20(18,19)16-9-5-6-11(17)15-8-9/h3-4,7,9,16H,2,5-6,8H2,1H3,(H,13,14)(H,15,17). The summed E-state index contributed by atoms with van der Waals surface area (Å²) in [5, 5.41) is 5.58. The van der Waals surface area contributed by atoms with Gasteiger partial charge >= 0.3 is 0 Å². The van der Waals surface area contributed by atoms with E-state index in [1.54, 1.807) is 6.07 Å². The number of carbonyl (C=O) groups excluding carboxylic acids is 1. The van der Waals surface area contributed by atoms with Crippen molar-refractivity contribution in [2.24, 2.45) is 0 Å². The number of anilines is 1. The van der Waals surface area contributed by atoms with Crippen LogP contribution in [0.1, 0.15) is 19.8 Å². The smallest absolute Gasteiger partial charge is 0.244 e. The predicted octanol–water partition coefficient (Wildman–Crippen LogP) is 0.0703. The summed E-state index contributed by atoms with van der Waals surface area (Å²) >= 11 is 0. The van der Waals surface area contributed by atoms with Crippen LogP contribution in [-0.4, -0.2) is 38.4 Å². The molecule has 20 heavy (non-hydrogen) atoms. The zero-order chi connectivity index (χ0) is 14.6. The lowest BCUT2D eigenvalue weighted by molar-refractivity contribution is -0.122. The highest BCUT2D eigenvalue weighted by Crippen LogP contribution is 2.18. The van der Waals surface area contributed by atoms with E-state index in [-0.39, 0.29) is 16.8 Å². The fourth-order valence-electron chi connectivity index (χ4n) is 2.02. The first-order valence-corrected chi connectivity index (χ1v) is 7.99. The van der Waals surface area contributed by atoms with Gasteiger partial charge in [0, 0.05) is 31.7 Å². The molecule has 0 radical (unpaired) electrons. The molecule has 7 nitrogen and oxygen atoms in total. The van der Waals surface area contributed by atoms with Crippen molar-refractivity contribution >= 4 is 21.7 Å². The van der Waals surface area contributed by atoms with Crippen molar-refractivity contribution in [2.45, 2.75) is 30.7 Å². The molecule has 0 saturated carbocycles. The Morgan fingerprint density at radius 3 is 2.95 bits per heavy atom. The molecule has 8 heteroatoms. The maximum Gasteiger partial charge on any atom is 0.244 e. The third-order valence-electron chi connectivity index (χ3n) is 2.99. The quantitative estimate of drug-likeness (QED) is 0.714. The summed E-state index contributed by atoms with van der Waals surface area (Å²) in [7, 11) is -3.66. The lowest BCUT2D eigenvalue weighted by Gasteiger charge is -2.23. The second kappa shape index (κ2) is 6.19. The maximum atomic E-state index is 12.4. The highest BCUT2D eigenvalue weighted by atomic mass is 32.2. The Kier molecular flexibility index (Phi) is 4.56. The predicted molar refractivity (Wildman–Crippen MR) is 74.8 cm³/mol. The summed E-state index contributed by atoms with van der Waals surface area (Å²) in [6.07, 6.45) is 2.38. The third-order valence-corrected chi connectivity index (χ3v) is 4.54. The summed E-state index contributed by atoms with van der Waals surface area (Å²) < 4.78 is 27.4. The van der Waals surface area contributed by atoms with Crippen LogP contribution in [0, 0.1) is 0 Å². The number of hydrogen-bond donors (Lipinski definition) is 3. The lowest BCUT2D eigenvalue weighted by Crippen LogP contribution is -2.47. The summed E-state index contributed by atoms with van der Waals surface area (Å²) in [5.74, 6) is 0.289. The molecular formula is C12H18N4O3S. The fourth-order valence-corrected chi connectivity index (χ4v) is 3.43. The van der Waals surface area contributed by atoms with Crippen molar-refractivity contribution < 1.29 is 13.2 Å². The van der Waals surface area contributed by atoms with E-state index >= 15 is 0 Å². The fraction of sp³-hybridized carbons (Fsp3) is 0.500. The molecule has 1 saturated heterocycles. The second-order valence-electron chi connectivity index (χ2n) is 4.54. The van der Waals surface area contributed by atoms with Gasteiger partial charge in [0.1, 0.15) is 10.7 Å². The Morgan fingerprint density at radius 2 is 2.30 bits per heavy atom. The Morgan fingerprint density at radius 1 is 1.50 bits per heavy atom. The number of amides is 1. The molecule has 0 aliphatic carbocycles. The molecule has 1 aromatic heterocycles. The molecule has 2 heterocycles. The van der Waals surface area contributed by atoms with Gasteiger partial charge in [-0.05, 0) is 25.5 Å². The van der Waals surface area contributed by atoms with Crippen LogP contribution in [0.3, 0.4) is 0 Å². The molecule has 1 atom stereocenters. The van der Waals surface area contributed by atoms with Crippen LogP contribution in [0.5, 0.6) is 0 Å². The van der Waals surface area contributed by atoms with Crippen LogP contribution in [-0.2, 0) is 14.8 Å². The zero-order valence-electron chi connectivity index (χ0n) is 11.2. The summed E-state index contributed by atoms with van der Waals surface area (Å²) in [6.45, 7) is 2.77. The normalized spacial score (nSPS) is 19.4. The van der Waals surface area contributed by atoms with Crippen molar-refractivity contribution in [1.29, 1.82) is 0 Å². The van der Waals surface area contributed by atoms with Gasteiger partial charge < -0.3 is 10.6 Å². The molecule has 3 N–H and O–H groups in total. The van der Waals surface area contributed by atoms with Crippen molar-refractivity contribution in [3.05, 3.63) is 18.3 Å². The van der Waals surface area contributed by atoms with Crippen LogP contribution in [0.25, 0.3) is 0 Å². The first kappa shape index (κ1) is 14.7. The highest BCUT2D eigenvalue weighted by molar-refractivity contribution is 7.89. The van der Waals surface area contributed by atoms with Gasteiger partial charge in [-0.2, -0.15) is 0 Å². The summed E-state index contributed by atoms with van der Waals surface area (Å²) in [6, 6.07) is 2.81. The first-order valence-electron chi connectivity index (χ1n) is 6.51. The van der Waals surface area contributed by atoms with E-state index in [0.717, 1.165) is 0 Å². The van der Waals surface area contributed by atoms with E-state index in [1.165, 1.54) is 12.3 Å². The van der Waals surface area contributed by atoms with Crippen molar-refractivity contribution in [1.82, 2.24) is 15.0 Å². The van der Waals surface area contributed by atoms with Crippen LogP contribution in [0.4, 0.5) is 5.82 Å². The van der Waals surface area contributed by atoms with Crippen LogP contribution in [0.2, 0.25) is 0 Å². The monoisotopic (exact) mass is 298 g/mol. The van der Waals surface area contributed by atoms with Crippen LogP contribution in [0.15, 0.2) is 23.2 Å². The lowest BCUT2D eigenvalue weighted by atomic mass is 10.1. The summed E-state index contributed by atoms with van der Waals surface area (Å²) in [5.41, 5.74) is 0. The average molecular weight is 298 g/mol. The van der Waals surface area contributed by atoms with Crippen LogP contribution >= 0.6 is 0 Å². The first-order chi connectivity index (χ1) is 9.53. The Bertz CT molecular complexity index is 578. The van der Waals surface area contributed by atoms with E-state index in [0.29, 0.717) is 31.7 Å². The van der Waals surface area contributed by atoms with E-state index in [9.17, 15) is 13.2 Å². The van der Waals surface area contributed by atoms with E-state index in [1.807, 2.05) is 6.92 Å². The number of piperidine rings is 1. The average Bonchev–Trinajstić information content (AvgIpc) is 2.42. The molecular weight excluding hydrogens is 280 g/mol. The molecule has 1 amide bonds. The number of sulfonamides is 1. The minimum Gasteiger partial charge on any atom is -0.369 e. The molecule has 1 unspecified atom stereocenters. The Hall–Kier alpha value is -1.67. The highest BCUT2D eigenvalue weighted by Gasteiger charge is 2.26. The van der Waals surface area contributed by atoms with E-state index < -0.39 is 10.0 Å². The number of aromatic nitrogens is 1. The minimum atomic E-state index is -3.66. The third kappa shape index (κ3) is 3.45. The molecule has 1 fully saturated rings. The van der Waals surface area contributed by atoms with Gasteiger partial charge in [0.25, 0.3) is 0 Å². The van der Waals surface area contributed by atoms with Gasteiger partial charge in [-0.1, -0.05) is 0 Å². The number of pyridine rings is 1.